The number of aryl methyl sites for hydroxylation is 1. The average Bonchev–Trinajstić information content (AvgIpc) is 3.36. The number of aromatic nitrogens is 2. The molecule has 5 rings (SSSR count). The molecule has 1 amide bonds. The Morgan fingerprint density at radius 3 is 2.64 bits per heavy atom. The summed E-state index contributed by atoms with van der Waals surface area (Å²) in [5.74, 6) is 0.759. The van der Waals surface area contributed by atoms with E-state index in [1.54, 1.807) is 4.68 Å². The number of rotatable bonds is 2. The van der Waals surface area contributed by atoms with Crippen LogP contribution in [-0.4, -0.2) is 46.3 Å². The van der Waals surface area contributed by atoms with Gasteiger partial charge in [-0.25, -0.2) is 0 Å². The van der Waals surface area contributed by atoms with Crippen molar-refractivity contribution >= 4 is 41.5 Å². The highest BCUT2D eigenvalue weighted by molar-refractivity contribution is 6.10. The van der Waals surface area contributed by atoms with Crippen LogP contribution in [0.4, 0.5) is 0 Å². The second-order valence-electron chi connectivity index (χ2n) is 7.43. The van der Waals surface area contributed by atoms with E-state index in [-0.39, 0.29) is 30.7 Å². The molecule has 2 fully saturated rings. The maximum Gasteiger partial charge on any atom is 0.254 e. The Morgan fingerprint density at radius 1 is 1.11 bits per heavy atom. The van der Waals surface area contributed by atoms with Crippen LogP contribution in [-0.2, 0) is 7.05 Å². The van der Waals surface area contributed by atoms with E-state index in [0.717, 1.165) is 47.1 Å². The number of halogens is 2. The molecule has 3 aromatic rings. The minimum absolute atomic E-state index is 0. The zero-order valence-corrected chi connectivity index (χ0v) is 17.3. The third kappa shape index (κ3) is 3.39. The molecular formula is C21H24Cl2N4O. The van der Waals surface area contributed by atoms with Crippen molar-refractivity contribution in [2.24, 2.45) is 13.0 Å². The normalized spacial score (nSPS) is 20.5. The fourth-order valence-electron chi connectivity index (χ4n) is 4.49. The van der Waals surface area contributed by atoms with Gasteiger partial charge >= 0.3 is 0 Å². The topological polar surface area (TPSA) is 50.2 Å². The second kappa shape index (κ2) is 8.11. The van der Waals surface area contributed by atoms with E-state index in [0.29, 0.717) is 12.0 Å². The molecule has 0 bridgehead atoms. The molecule has 2 aliphatic rings. The van der Waals surface area contributed by atoms with Gasteiger partial charge in [-0.1, -0.05) is 30.3 Å². The van der Waals surface area contributed by atoms with Gasteiger partial charge in [-0.3, -0.25) is 9.48 Å². The Morgan fingerprint density at radius 2 is 1.89 bits per heavy atom. The highest BCUT2D eigenvalue weighted by atomic mass is 35.5. The summed E-state index contributed by atoms with van der Waals surface area (Å²) < 4.78 is 1.80. The number of nitrogens with one attached hydrogen (secondary N) is 1. The first-order valence-electron chi connectivity index (χ1n) is 9.24. The van der Waals surface area contributed by atoms with E-state index in [4.69, 9.17) is 0 Å². The van der Waals surface area contributed by atoms with E-state index in [1.807, 2.05) is 42.5 Å². The molecule has 1 N–H and O–H groups in total. The molecule has 0 aliphatic carbocycles. The molecule has 3 heterocycles. The van der Waals surface area contributed by atoms with Crippen LogP contribution < -0.4 is 5.32 Å². The molecule has 0 saturated carbocycles. The van der Waals surface area contributed by atoms with Crippen LogP contribution in [0.25, 0.3) is 21.9 Å². The van der Waals surface area contributed by atoms with Gasteiger partial charge in [-0.05, 0) is 41.3 Å². The Kier molecular flexibility index (Phi) is 5.98. The van der Waals surface area contributed by atoms with Crippen LogP contribution in [0.15, 0.2) is 48.8 Å². The van der Waals surface area contributed by atoms with Gasteiger partial charge in [0.25, 0.3) is 5.91 Å². The summed E-state index contributed by atoms with van der Waals surface area (Å²) in [6.07, 6.45) is 5.06. The quantitative estimate of drug-likeness (QED) is 0.692. The lowest BCUT2D eigenvalue weighted by atomic mass is 9.96. The summed E-state index contributed by atoms with van der Waals surface area (Å²) in [7, 11) is 1.92. The maximum absolute atomic E-state index is 13.2. The van der Waals surface area contributed by atoms with Gasteiger partial charge in [0.2, 0.25) is 0 Å². The summed E-state index contributed by atoms with van der Waals surface area (Å²) in [4.78, 5) is 15.2. The van der Waals surface area contributed by atoms with Gasteiger partial charge in [-0.2, -0.15) is 5.10 Å². The molecular weight excluding hydrogens is 395 g/mol. The fourth-order valence-corrected chi connectivity index (χ4v) is 4.49. The molecule has 5 nitrogen and oxygen atoms in total. The van der Waals surface area contributed by atoms with Gasteiger partial charge in [0.05, 0.1) is 6.20 Å². The Hall–Kier alpha value is -2.08. The van der Waals surface area contributed by atoms with Gasteiger partial charge in [0.1, 0.15) is 0 Å². The lowest BCUT2D eigenvalue weighted by Gasteiger charge is -2.19. The minimum atomic E-state index is 0. The molecule has 0 radical (unpaired) electrons. The third-order valence-corrected chi connectivity index (χ3v) is 5.82. The SMILES string of the molecule is Cl.Cl.Cn1cc(-c2cccc3c(C(=O)N4C[C@@H]5CCN[C@@H]5C4)cccc23)cn1. The predicted molar refractivity (Wildman–Crippen MR) is 116 cm³/mol. The number of likely N-dealkylation sites (tertiary alicyclic amines) is 1. The van der Waals surface area contributed by atoms with E-state index in [2.05, 4.69) is 28.6 Å². The average molecular weight is 419 g/mol. The predicted octanol–water partition coefficient (Wildman–Crippen LogP) is 3.52. The fraction of sp³-hybridized carbons (Fsp3) is 0.333. The molecule has 0 spiro atoms. The number of hydrogen-bond acceptors (Lipinski definition) is 3. The van der Waals surface area contributed by atoms with Crippen molar-refractivity contribution in [3.8, 4) is 11.1 Å². The summed E-state index contributed by atoms with van der Waals surface area (Å²) >= 11 is 0. The monoisotopic (exact) mass is 418 g/mol. The zero-order chi connectivity index (χ0) is 17.7. The Labute approximate surface area is 176 Å². The summed E-state index contributed by atoms with van der Waals surface area (Å²) in [6.45, 7) is 2.78. The van der Waals surface area contributed by atoms with Crippen LogP contribution >= 0.6 is 24.8 Å². The highest BCUT2D eigenvalue weighted by Gasteiger charge is 2.38. The van der Waals surface area contributed by atoms with Crippen molar-refractivity contribution in [3.63, 3.8) is 0 Å². The second-order valence-corrected chi connectivity index (χ2v) is 7.43. The summed E-state index contributed by atoms with van der Waals surface area (Å²) in [5.41, 5.74) is 2.99. The smallest absolute Gasteiger partial charge is 0.254 e. The van der Waals surface area contributed by atoms with Gasteiger partial charge < -0.3 is 10.2 Å². The van der Waals surface area contributed by atoms with E-state index >= 15 is 0 Å². The number of benzene rings is 2. The van der Waals surface area contributed by atoms with Crippen LogP contribution in [0.2, 0.25) is 0 Å². The molecule has 1 aromatic heterocycles. The van der Waals surface area contributed by atoms with Crippen molar-refractivity contribution in [2.45, 2.75) is 12.5 Å². The zero-order valence-electron chi connectivity index (χ0n) is 15.7. The molecule has 148 valence electrons. The van der Waals surface area contributed by atoms with Crippen molar-refractivity contribution in [1.82, 2.24) is 20.0 Å². The number of amides is 1. The van der Waals surface area contributed by atoms with Crippen LogP contribution in [0.3, 0.4) is 0 Å². The van der Waals surface area contributed by atoms with Gasteiger partial charge in [-0.15, -0.1) is 24.8 Å². The van der Waals surface area contributed by atoms with E-state index < -0.39 is 0 Å². The van der Waals surface area contributed by atoms with Gasteiger partial charge in [0.15, 0.2) is 0 Å². The number of nitrogens with zero attached hydrogens (tertiary/aromatic N) is 3. The number of fused-ring (bicyclic) bond motifs is 2. The van der Waals surface area contributed by atoms with Crippen LogP contribution in [0.1, 0.15) is 16.8 Å². The maximum atomic E-state index is 13.2. The number of carbonyl (C=O) groups is 1. The lowest BCUT2D eigenvalue weighted by Crippen LogP contribution is -2.34. The molecule has 7 heteroatoms. The van der Waals surface area contributed by atoms with Gasteiger partial charge in [0, 0.05) is 43.5 Å². The van der Waals surface area contributed by atoms with E-state index in [9.17, 15) is 4.79 Å². The molecule has 2 aliphatic heterocycles. The Bertz CT molecular complexity index is 991. The molecule has 28 heavy (non-hydrogen) atoms. The third-order valence-electron chi connectivity index (χ3n) is 5.82. The minimum Gasteiger partial charge on any atom is -0.337 e. The first-order chi connectivity index (χ1) is 12.7. The lowest BCUT2D eigenvalue weighted by molar-refractivity contribution is 0.0784. The molecule has 0 unspecified atom stereocenters. The van der Waals surface area contributed by atoms with Crippen molar-refractivity contribution < 1.29 is 4.79 Å². The van der Waals surface area contributed by atoms with Crippen molar-refractivity contribution in [2.75, 3.05) is 19.6 Å². The highest BCUT2D eigenvalue weighted by Crippen LogP contribution is 2.32. The largest absolute Gasteiger partial charge is 0.337 e. The number of carbonyl (C=O) groups excluding carboxylic acids is 1. The molecule has 2 saturated heterocycles. The first kappa shape index (κ1) is 20.6. The van der Waals surface area contributed by atoms with Crippen molar-refractivity contribution in [1.29, 1.82) is 0 Å². The van der Waals surface area contributed by atoms with Crippen LogP contribution in [0.5, 0.6) is 0 Å². The van der Waals surface area contributed by atoms with Crippen molar-refractivity contribution in [3.05, 3.63) is 54.4 Å². The summed E-state index contributed by atoms with van der Waals surface area (Å²) in [5, 5.41) is 9.93. The first-order valence-corrected chi connectivity index (χ1v) is 9.24. The van der Waals surface area contributed by atoms with Crippen LogP contribution in [0, 0.1) is 5.92 Å². The molecule has 2 aromatic carbocycles. The Balaban J connectivity index is 0.00000112. The summed E-state index contributed by atoms with van der Waals surface area (Å²) in [6, 6.07) is 12.7. The van der Waals surface area contributed by atoms with E-state index in [1.165, 1.54) is 6.42 Å². The standard InChI is InChI=1S/C21H22N4O.2ClH/c1-24-11-15(10-23-24)16-4-2-6-18-17(16)5-3-7-19(18)21(26)25-12-14-8-9-22-20(14)13-25;;/h2-7,10-11,14,20,22H,8-9,12-13H2,1H3;2*1H/t14-,20+;;/m0../s1. The molecule has 2 atom stereocenters. The number of hydrogen-bond donors (Lipinski definition) is 1.